The van der Waals surface area contributed by atoms with E-state index in [1.807, 2.05) is 0 Å². The highest BCUT2D eigenvalue weighted by molar-refractivity contribution is 5.30. The first-order valence-electron chi connectivity index (χ1n) is 6.46. The zero-order valence-electron chi connectivity index (χ0n) is 10.6. The van der Waals surface area contributed by atoms with Crippen LogP contribution in [-0.4, -0.2) is 16.1 Å². The zero-order chi connectivity index (χ0) is 12.3. The Kier molecular flexibility index (Phi) is 3.82. The molecule has 0 bridgehead atoms. The molecule has 0 atom stereocenters. The number of anilines is 1. The van der Waals surface area contributed by atoms with Gasteiger partial charge in [-0.3, -0.25) is 4.79 Å². The molecule has 0 aliphatic heterocycles. The average molecular weight is 235 g/mol. The van der Waals surface area contributed by atoms with E-state index in [1.165, 1.54) is 12.8 Å². The van der Waals surface area contributed by atoms with Crippen LogP contribution in [0.2, 0.25) is 0 Å². The molecule has 0 aromatic carbocycles. The lowest BCUT2D eigenvalue weighted by Gasteiger charge is -2.10. The van der Waals surface area contributed by atoms with Crippen LogP contribution in [0.1, 0.15) is 33.1 Å². The molecule has 1 heterocycles. The van der Waals surface area contributed by atoms with Gasteiger partial charge in [-0.2, -0.15) is 0 Å². The van der Waals surface area contributed by atoms with Gasteiger partial charge >= 0.3 is 0 Å². The van der Waals surface area contributed by atoms with Crippen LogP contribution in [0.4, 0.5) is 5.82 Å². The molecule has 0 spiro atoms. The highest BCUT2D eigenvalue weighted by atomic mass is 16.1. The van der Waals surface area contributed by atoms with Gasteiger partial charge in [0.05, 0.1) is 0 Å². The first kappa shape index (κ1) is 12.1. The molecule has 1 saturated carbocycles. The van der Waals surface area contributed by atoms with Crippen molar-refractivity contribution in [2.45, 2.75) is 39.7 Å². The van der Waals surface area contributed by atoms with Crippen LogP contribution in [0.3, 0.4) is 0 Å². The van der Waals surface area contributed by atoms with E-state index >= 15 is 0 Å². The molecular weight excluding hydrogens is 214 g/mol. The molecule has 2 rings (SSSR count). The summed E-state index contributed by atoms with van der Waals surface area (Å²) < 4.78 is 1.73. The fraction of sp³-hybridized carbons (Fsp3) is 0.692. The topological polar surface area (TPSA) is 46.9 Å². The molecule has 17 heavy (non-hydrogen) atoms. The van der Waals surface area contributed by atoms with Crippen molar-refractivity contribution in [1.29, 1.82) is 0 Å². The summed E-state index contributed by atoms with van der Waals surface area (Å²) in [6, 6.07) is 0. The van der Waals surface area contributed by atoms with Crippen molar-refractivity contribution in [3.8, 4) is 0 Å². The van der Waals surface area contributed by atoms with Gasteiger partial charge in [0, 0.05) is 25.5 Å². The van der Waals surface area contributed by atoms with Gasteiger partial charge in [0.1, 0.15) is 0 Å². The average Bonchev–Trinajstić information content (AvgIpc) is 3.07. The summed E-state index contributed by atoms with van der Waals surface area (Å²) in [6.07, 6.45) is 7.31. The van der Waals surface area contributed by atoms with Crippen LogP contribution in [0.25, 0.3) is 0 Å². The van der Waals surface area contributed by atoms with E-state index in [9.17, 15) is 4.79 Å². The number of nitrogens with zero attached hydrogens (tertiary/aromatic N) is 2. The smallest absolute Gasteiger partial charge is 0.293 e. The molecule has 0 amide bonds. The zero-order valence-corrected chi connectivity index (χ0v) is 10.6. The Morgan fingerprint density at radius 3 is 2.94 bits per heavy atom. The van der Waals surface area contributed by atoms with Crippen LogP contribution >= 0.6 is 0 Å². The second-order valence-corrected chi connectivity index (χ2v) is 5.29. The lowest BCUT2D eigenvalue weighted by molar-refractivity contribution is 0.509. The van der Waals surface area contributed by atoms with E-state index in [0.29, 0.717) is 11.7 Å². The van der Waals surface area contributed by atoms with Crippen molar-refractivity contribution >= 4 is 5.82 Å². The molecule has 1 aromatic heterocycles. The van der Waals surface area contributed by atoms with E-state index in [4.69, 9.17) is 0 Å². The first-order chi connectivity index (χ1) is 8.16. The van der Waals surface area contributed by atoms with E-state index in [2.05, 4.69) is 24.1 Å². The normalized spacial score (nSPS) is 15.2. The van der Waals surface area contributed by atoms with Gasteiger partial charge in [-0.15, -0.1) is 0 Å². The number of nitrogens with one attached hydrogen (secondary N) is 1. The maximum Gasteiger partial charge on any atom is 0.293 e. The standard InChI is InChI=1S/C13H21N3O/c1-10(2)9-16-8-7-15-12(13(16)17)14-6-5-11-3-4-11/h7-8,10-11H,3-6,9H2,1-2H3,(H,14,15). The molecule has 1 aliphatic rings. The van der Waals surface area contributed by atoms with E-state index < -0.39 is 0 Å². The molecule has 4 nitrogen and oxygen atoms in total. The molecule has 94 valence electrons. The van der Waals surface area contributed by atoms with Crippen molar-refractivity contribution < 1.29 is 0 Å². The minimum absolute atomic E-state index is 0.00278. The summed E-state index contributed by atoms with van der Waals surface area (Å²) in [5.41, 5.74) is -0.00278. The Morgan fingerprint density at radius 1 is 1.53 bits per heavy atom. The van der Waals surface area contributed by atoms with Gasteiger partial charge in [-0.25, -0.2) is 4.98 Å². The summed E-state index contributed by atoms with van der Waals surface area (Å²) in [5, 5.41) is 3.15. The van der Waals surface area contributed by atoms with Crippen molar-refractivity contribution in [3.63, 3.8) is 0 Å². The fourth-order valence-electron chi connectivity index (χ4n) is 1.91. The van der Waals surface area contributed by atoms with Crippen LogP contribution in [0, 0.1) is 11.8 Å². The summed E-state index contributed by atoms with van der Waals surface area (Å²) in [4.78, 5) is 16.2. The summed E-state index contributed by atoms with van der Waals surface area (Å²) in [5.74, 6) is 1.84. The van der Waals surface area contributed by atoms with Gasteiger partial charge < -0.3 is 9.88 Å². The molecule has 1 aliphatic carbocycles. The molecule has 0 saturated heterocycles. The Labute approximate surface area is 102 Å². The molecule has 1 aromatic rings. The third-order valence-corrected chi connectivity index (χ3v) is 3.02. The maximum absolute atomic E-state index is 12.0. The highest BCUT2D eigenvalue weighted by Gasteiger charge is 2.20. The molecular formula is C13H21N3O. The molecule has 4 heteroatoms. The van der Waals surface area contributed by atoms with Crippen molar-refractivity contribution in [3.05, 3.63) is 22.7 Å². The van der Waals surface area contributed by atoms with E-state index in [-0.39, 0.29) is 5.56 Å². The summed E-state index contributed by atoms with van der Waals surface area (Å²) in [6.45, 7) is 5.82. The Balaban J connectivity index is 1.97. The highest BCUT2D eigenvalue weighted by Crippen LogP contribution is 2.31. The SMILES string of the molecule is CC(C)Cn1ccnc(NCCC2CC2)c1=O. The van der Waals surface area contributed by atoms with Crippen LogP contribution in [0.5, 0.6) is 0 Å². The van der Waals surface area contributed by atoms with Crippen LogP contribution in [0.15, 0.2) is 17.2 Å². The number of aromatic nitrogens is 2. The number of hydrogen-bond donors (Lipinski definition) is 1. The minimum atomic E-state index is -0.00278. The molecule has 1 N–H and O–H groups in total. The van der Waals surface area contributed by atoms with Crippen molar-refractivity contribution in [2.24, 2.45) is 11.8 Å². The third kappa shape index (κ3) is 3.58. The molecule has 0 radical (unpaired) electrons. The quantitative estimate of drug-likeness (QED) is 0.821. The van der Waals surface area contributed by atoms with Gasteiger partial charge in [0.25, 0.3) is 5.56 Å². The second-order valence-electron chi connectivity index (χ2n) is 5.29. The second kappa shape index (κ2) is 5.34. The van der Waals surface area contributed by atoms with Gasteiger partial charge in [0.2, 0.25) is 0 Å². The van der Waals surface area contributed by atoms with E-state index in [1.54, 1.807) is 17.0 Å². The largest absolute Gasteiger partial charge is 0.365 e. The van der Waals surface area contributed by atoms with Crippen LogP contribution < -0.4 is 10.9 Å². The Hall–Kier alpha value is -1.32. The summed E-state index contributed by atoms with van der Waals surface area (Å²) >= 11 is 0. The van der Waals surface area contributed by atoms with Crippen molar-refractivity contribution in [2.75, 3.05) is 11.9 Å². The summed E-state index contributed by atoms with van der Waals surface area (Å²) in [7, 11) is 0. The van der Waals surface area contributed by atoms with Gasteiger partial charge in [0.15, 0.2) is 5.82 Å². The monoisotopic (exact) mass is 235 g/mol. The maximum atomic E-state index is 12.0. The third-order valence-electron chi connectivity index (χ3n) is 3.02. The molecule has 0 unspecified atom stereocenters. The minimum Gasteiger partial charge on any atom is -0.365 e. The predicted molar refractivity (Wildman–Crippen MR) is 69.2 cm³/mol. The molecule has 1 fully saturated rings. The Morgan fingerprint density at radius 2 is 2.29 bits per heavy atom. The number of rotatable bonds is 6. The number of hydrogen-bond acceptors (Lipinski definition) is 3. The lowest BCUT2D eigenvalue weighted by Crippen LogP contribution is -2.26. The first-order valence-corrected chi connectivity index (χ1v) is 6.46. The lowest BCUT2D eigenvalue weighted by atomic mass is 10.2. The van der Waals surface area contributed by atoms with Crippen molar-refractivity contribution in [1.82, 2.24) is 9.55 Å². The predicted octanol–water partition coefficient (Wildman–Crippen LogP) is 2.11. The Bertz CT molecular complexity index is 421. The van der Waals surface area contributed by atoms with E-state index in [0.717, 1.165) is 25.4 Å². The fourth-order valence-corrected chi connectivity index (χ4v) is 1.91. The van der Waals surface area contributed by atoms with Gasteiger partial charge in [-0.1, -0.05) is 26.7 Å². The van der Waals surface area contributed by atoms with Crippen LogP contribution in [-0.2, 0) is 6.54 Å². The van der Waals surface area contributed by atoms with Gasteiger partial charge in [-0.05, 0) is 18.3 Å².